The summed E-state index contributed by atoms with van der Waals surface area (Å²) in [6.07, 6.45) is 7.54. The van der Waals surface area contributed by atoms with Gasteiger partial charge in [0.25, 0.3) is 0 Å². The smallest absolute Gasteiger partial charge is 0.128 e. The van der Waals surface area contributed by atoms with Gasteiger partial charge in [0.15, 0.2) is 0 Å². The number of aliphatic imine (C=N–C) groups is 1. The number of rotatable bonds is 6. The maximum atomic E-state index is 13.2. The van der Waals surface area contributed by atoms with Gasteiger partial charge < -0.3 is 10.1 Å². The van der Waals surface area contributed by atoms with E-state index in [2.05, 4.69) is 66.9 Å². The molecule has 0 unspecified atom stereocenters. The van der Waals surface area contributed by atoms with Gasteiger partial charge in [-0.25, -0.2) is 4.39 Å². The van der Waals surface area contributed by atoms with Gasteiger partial charge in [-0.1, -0.05) is 65.7 Å². The van der Waals surface area contributed by atoms with E-state index in [1.54, 1.807) is 24.4 Å². The van der Waals surface area contributed by atoms with Crippen LogP contribution in [0.4, 0.5) is 15.8 Å². The molecule has 3 atom stereocenters. The van der Waals surface area contributed by atoms with Crippen LogP contribution in [0.5, 0.6) is 5.75 Å². The number of benzene rings is 4. The summed E-state index contributed by atoms with van der Waals surface area (Å²) in [5.74, 6) is 1.35. The lowest BCUT2D eigenvalue weighted by atomic mass is 9.76. The zero-order valence-electron chi connectivity index (χ0n) is 21.1. The molecule has 1 aliphatic carbocycles. The van der Waals surface area contributed by atoms with E-state index in [1.165, 1.54) is 34.5 Å². The van der Waals surface area contributed by atoms with Gasteiger partial charge in [-0.05, 0) is 84.5 Å². The Kier molecular flexibility index (Phi) is 6.73. The van der Waals surface area contributed by atoms with Crippen LogP contribution in [0.1, 0.15) is 46.2 Å². The summed E-state index contributed by atoms with van der Waals surface area (Å²) in [6, 6.07) is 27.1. The molecule has 38 heavy (non-hydrogen) atoms. The third kappa shape index (κ3) is 5.09. The minimum absolute atomic E-state index is 0.252. The summed E-state index contributed by atoms with van der Waals surface area (Å²) in [5.41, 5.74) is 7.71. The number of anilines is 1. The van der Waals surface area contributed by atoms with Crippen molar-refractivity contribution in [1.82, 2.24) is 0 Å². The van der Waals surface area contributed by atoms with Crippen LogP contribution in [-0.4, -0.2) is 6.21 Å². The summed E-state index contributed by atoms with van der Waals surface area (Å²) in [5, 5.41) is 4.41. The third-order valence-electron chi connectivity index (χ3n) is 7.40. The van der Waals surface area contributed by atoms with Crippen LogP contribution in [0.25, 0.3) is 0 Å². The molecule has 0 amide bonds. The molecule has 0 aromatic heterocycles. The van der Waals surface area contributed by atoms with Gasteiger partial charge in [-0.2, -0.15) is 0 Å². The molecule has 2 aliphatic rings. The third-order valence-corrected chi connectivity index (χ3v) is 7.64. The minimum atomic E-state index is -0.266. The quantitative estimate of drug-likeness (QED) is 0.202. The zero-order chi connectivity index (χ0) is 26.1. The van der Waals surface area contributed by atoms with Crippen LogP contribution in [0.15, 0.2) is 102 Å². The molecule has 1 heterocycles. The van der Waals surface area contributed by atoms with Crippen molar-refractivity contribution < 1.29 is 9.13 Å². The van der Waals surface area contributed by atoms with Crippen molar-refractivity contribution in [2.75, 3.05) is 5.32 Å². The number of hydrogen-bond donors (Lipinski definition) is 1. The fraction of sp³-hybridized carbons (Fsp3) is 0.182. The lowest BCUT2D eigenvalue weighted by Crippen LogP contribution is -2.29. The molecule has 190 valence electrons. The van der Waals surface area contributed by atoms with E-state index in [0.29, 0.717) is 29.2 Å². The normalized spacial score (nSPS) is 19.7. The Morgan fingerprint density at radius 2 is 1.82 bits per heavy atom. The van der Waals surface area contributed by atoms with Gasteiger partial charge in [0.1, 0.15) is 18.2 Å². The van der Waals surface area contributed by atoms with E-state index < -0.39 is 0 Å². The van der Waals surface area contributed by atoms with Crippen molar-refractivity contribution in [2.45, 2.75) is 31.9 Å². The average Bonchev–Trinajstić information content (AvgIpc) is 3.43. The molecular formula is C33H28ClFN2O. The summed E-state index contributed by atoms with van der Waals surface area (Å²) in [7, 11) is 0. The number of nitrogens with zero attached hydrogens (tertiary/aromatic N) is 1. The molecule has 0 saturated carbocycles. The number of allylic oxidation sites excluding steroid dienone is 2. The van der Waals surface area contributed by atoms with Crippen LogP contribution in [0.2, 0.25) is 5.02 Å². The van der Waals surface area contributed by atoms with Crippen LogP contribution >= 0.6 is 11.6 Å². The minimum Gasteiger partial charge on any atom is -0.488 e. The Balaban J connectivity index is 1.19. The van der Waals surface area contributed by atoms with Gasteiger partial charge in [0, 0.05) is 28.4 Å². The Hall–Kier alpha value is -3.89. The molecule has 1 aliphatic heterocycles. The van der Waals surface area contributed by atoms with E-state index in [0.717, 1.165) is 23.2 Å². The van der Waals surface area contributed by atoms with Crippen LogP contribution in [-0.2, 0) is 6.61 Å². The van der Waals surface area contributed by atoms with Crippen molar-refractivity contribution >= 4 is 29.2 Å². The molecule has 0 spiro atoms. The van der Waals surface area contributed by atoms with E-state index >= 15 is 0 Å². The maximum absolute atomic E-state index is 13.2. The second kappa shape index (κ2) is 10.5. The molecule has 0 saturated heterocycles. The number of hydrogen-bond acceptors (Lipinski definition) is 3. The van der Waals surface area contributed by atoms with Crippen LogP contribution in [0, 0.1) is 18.7 Å². The molecule has 4 aromatic carbocycles. The number of ether oxygens (including phenoxy) is 1. The van der Waals surface area contributed by atoms with Gasteiger partial charge in [-0.3, -0.25) is 4.99 Å². The van der Waals surface area contributed by atoms with Crippen molar-refractivity contribution in [1.29, 1.82) is 0 Å². The topological polar surface area (TPSA) is 33.6 Å². The average molecular weight is 523 g/mol. The second-order valence-corrected chi connectivity index (χ2v) is 10.4. The van der Waals surface area contributed by atoms with Crippen molar-refractivity contribution in [2.24, 2.45) is 10.9 Å². The summed E-state index contributed by atoms with van der Waals surface area (Å²) in [6.45, 7) is 2.48. The first kappa shape index (κ1) is 24.4. The lowest BCUT2D eigenvalue weighted by molar-refractivity contribution is 0.305. The Morgan fingerprint density at radius 3 is 2.63 bits per heavy atom. The van der Waals surface area contributed by atoms with Gasteiger partial charge in [0.05, 0.1) is 11.7 Å². The first-order chi connectivity index (χ1) is 18.5. The predicted molar refractivity (Wildman–Crippen MR) is 153 cm³/mol. The molecule has 0 bridgehead atoms. The standard InChI is InChI=1S/C33H28ClFN2O/c1-21-5-15-31-30(17-21)28-3-2-4-29(28)33(37-31)23-8-13-27(14-9-23)36-19-24-18-25(34)10-16-32(24)38-20-22-6-11-26(35)12-7-22/h2-3,5-19,28-29,33,37H,4,20H2,1H3/t28-,29+,33-/m1/s1. The van der Waals surface area contributed by atoms with E-state index in [4.69, 9.17) is 21.3 Å². The Morgan fingerprint density at radius 1 is 1.00 bits per heavy atom. The van der Waals surface area contributed by atoms with Crippen LogP contribution in [0.3, 0.4) is 0 Å². The molecular weight excluding hydrogens is 495 g/mol. The highest BCUT2D eigenvalue weighted by Gasteiger charge is 2.37. The fourth-order valence-corrected chi connectivity index (χ4v) is 5.63. The number of halogens is 2. The molecule has 4 aromatic rings. The molecule has 5 heteroatoms. The first-order valence-corrected chi connectivity index (χ1v) is 13.3. The van der Waals surface area contributed by atoms with Gasteiger partial charge in [0.2, 0.25) is 0 Å². The first-order valence-electron chi connectivity index (χ1n) is 12.9. The van der Waals surface area contributed by atoms with Crippen molar-refractivity contribution in [3.63, 3.8) is 0 Å². The summed E-state index contributed by atoms with van der Waals surface area (Å²) in [4.78, 5) is 4.70. The van der Waals surface area contributed by atoms with Crippen molar-refractivity contribution in [3.05, 3.63) is 136 Å². The highest BCUT2D eigenvalue weighted by molar-refractivity contribution is 6.30. The molecule has 0 fully saturated rings. The van der Waals surface area contributed by atoms with E-state index in [-0.39, 0.29) is 11.9 Å². The predicted octanol–water partition coefficient (Wildman–Crippen LogP) is 8.94. The highest BCUT2D eigenvalue weighted by atomic mass is 35.5. The monoisotopic (exact) mass is 522 g/mol. The maximum Gasteiger partial charge on any atom is 0.128 e. The zero-order valence-corrected chi connectivity index (χ0v) is 21.8. The van der Waals surface area contributed by atoms with Gasteiger partial charge in [-0.15, -0.1) is 0 Å². The summed E-state index contributed by atoms with van der Waals surface area (Å²) >= 11 is 6.26. The fourth-order valence-electron chi connectivity index (χ4n) is 5.45. The largest absolute Gasteiger partial charge is 0.488 e. The molecule has 6 rings (SSSR count). The molecule has 1 N–H and O–H groups in total. The molecule has 0 radical (unpaired) electrons. The Labute approximate surface area is 227 Å². The number of aryl methyl sites for hydroxylation is 1. The highest BCUT2D eigenvalue weighted by Crippen LogP contribution is 2.50. The SMILES string of the molecule is Cc1ccc2c(c1)[C@@H]1C=CC[C@@H]1[C@@H](c1ccc(N=Cc3cc(Cl)ccc3OCc3ccc(F)cc3)cc1)N2. The van der Waals surface area contributed by atoms with E-state index in [9.17, 15) is 4.39 Å². The van der Waals surface area contributed by atoms with Gasteiger partial charge >= 0.3 is 0 Å². The molecule has 3 nitrogen and oxygen atoms in total. The summed E-state index contributed by atoms with van der Waals surface area (Å²) < 4.78 is 19.2. The van der Waals surface area contributed by atoms with Crippen molar-refractivity contribution in [3.8, 4) is 5.75 Å². The number of fused-ring (bicyclic) bond motifs is 3. The Bertz CT molecular complexity index is 1510. The van der Waals surface area contributed by atoms with Crippen LogP contribution < -0.4 is 10.1 Å². The van der Waals surface area contributed by atoms with E-state index in [1.807, 2.05) is 12.1 Å². The number of nitrogens with one attached hydrogen (secondary N) is 1. The lowest BCUT2D eigenvalue weighted by Gasteiger charge is -2.37. The second-order valence-electron chi connectivity index (χ2n) is 10.0.